The van der Waals surface area contributed by atoms with E-state index < -0.39 is 5.97 Å². The lowest BCUT2D eigenvalue weighted by Crippen LogP contribution is -2.21. The Hall–Kier alpha value is -0.200. The molecule has 2 heterocycles. The molecule has 0 bridgehead atoms. The number of hydrogen-bond acceptors (Lipinski definition) is 5. The zero-order chi connectivity index (χ0) is 13.6. The first kappa shape index (κ1) is 13.8. The summed E-state index contributed by atoms with van der Waals surface area (Å²) in [5, 5.41) is 12.0. The minimum absolute atomic E-state index is 0.367. The number of carbonyl (C=O) groups is 1. The van der Waals surface area contributed by atoms with Crippen molar-refractivity contribution in [1.29, 1.82) is 0 Å². The molecule has 1 aliphatic heterocycles. The number of aromatic nitrogens is 1. The van der Waals surface area contributed by atoms with Crippen molar-refractivity contribution in [2.45, 2.75) is 48.4 Å². The summed E-state index contributed by atoms with van der Waals surface area (Å²) in [7, 11) is 0. The monoisotopic (exact) mass is 315 g/mol. The molecular weight excluding hydrogens is 298 g/mol. The number of nitrogens with zero attached hydrogens (tertiary/aromatic N) is 1. The van der Waals surface area contributed by atoms with Crippen LogP contribution in [0.4, 0.5) is 0 Å². The molecule has 1 N–H and O–H groups in total. The third kappa shape index (κ3) is 2.81. The second-order valence-corrected chi connectivity index (χ2v) is 9.24. The van der Waals surface area contributed by atoms with Crippen molar-refractivity contribution in [2.75, 3.05) is 5.75 Å². The van der Waals surface area contributed by atoms with Crippen LogP contribution in [0, 0.1) is 0 Å². The van der Waals surface area contributed by atoms with Crippen molar-refractivity contribution < 1.29 is 9.90 Å². The van der Waals surface area contributed by atoms with Crippen molar-refractivity contribution in [1.82, 2.24) is 4.98 Å². The Bertz CT molecular complexity index is 498. The first-order valence-electron chi connectivity index (χ1n) is 6.57. The second kappa shape index (κ2) is 5.30. The van der Waals surface area contributed by atoms with Gasteiger partial charge in [-0.25, -0.2) is 9.78 Å². The van der Waals surface area contributed by atoms with E-state index in [2.05, 4.69) is 18.8 Å². The van der Waals surface area contributed by atoms with Crippen LogP contribution in [0.1, 0.15) is 58.2 Å². The molecule has 1 aliphatic carbocycles. The van der Waals surface area contributed by atoms with Crippen LogP contribution >= 0.6 is 34.9 Å². The van der Waals surface area contributed by atoms with Crippen LogP contribution in [-0.4, -0.2) is 32.3 Å². The Morgan fingerprint density at radius 1 is 1.32 bits per heavy atom. The van der Waals surface area contributed by atoms with Gasteiger partial charge in [0.25, 0.3) is 0 Å². The number of aromatic carboxylic acids is 1. The van der Waals surface area contributed by atoms with E-state index in [0.29, 0.717) is 26.5 Å². The third-order valence-electron chi connectivity index (χ3n) is 3.65. The van der Waals surface area contributed by atoms with E-state index >= 15 is 0 Å². The summed E-state index contributed by atoms with van der Waals surface area (Å²) in [5.74, 6) is 0.654. The SMILES string of the molecule is CC1SCC(c2nc(C3CC3)c(C(=O)O)s2)SC1C. The Labute approximate surface area is 125 Å². The van der Waals surface area contributed by atoms with Gasteiger partial charge >= 0.3 is 5.97 Å². The van der Waals surface area contributed by atoms with Gasteiger partial charge in [-0.3, -0.25) is 0 Å². The Morgan fingerprint density at radius 3 is 2.63 bits per heavy atom. The predicted octanol–water partition coefficient (Wildman–Crippen LogP) is 4.02. The van der Waals surface area contributed by atoms with Gasteiger partial charge in [-0.2, -0.15) is 11.8 Å². The van der Waals surface area contributed by atoms with Gasteiger partial charge in [0.15, 0.2) is 0 Å². The average Bonchev–Trinajstić information content (AvgIpc) is 3.11. The topological polar surface area (TPSA) is 50.2 Å². The van der Waals surface area contributed by atoms with E-state index in [9.17, 15) is 9.90 Å². The van der Waals surface area contributed by atoms with Crippen LogP contribution in [-0.2, 0) is 0 Å². The fraction of sp³-hybridized carbons (Fsp3) is 0.692. The van der Waals surface area contributed by atoms with Gasteiger partial charge in [0.2, 0.25) is 0 Å². The lowest BCUT2D eigenvalue weighted by atomic mass is 10.2. The van der Waals surface area contributed by atoms with Crippen LogP contribution in [0.3, 0.4) is 0 Å². The number of thioether (sulfide) groups is 2. The molecule has 3 nitrogen and oxygen atoms in total. The first-order valence-corrected chi connectivity index (χ1v) is 9.38. The highest BCUT2D eigenvalue weighted by Gasteiger charge is 2.35. The summed E-state index contributed by atoms with van der Waals surface area (Å²) in [6, 6.07) is 0. The Morgan fingerprint density at radius 2 is 2.05 bits per heavy atom. The fourth-order valence-electron chi connectivity index (χ4n) is 2.19. The molecule has 1 aromatic heterocycles. The maximum atomic E-state index is 11.3. The van der Waals surface area contributed by atoms with Crippen LogP contribution in [0.25, 0.3) is 0 Å². The summed E-state index contributed by atoms with van der Waals surface area (Å²) < 4.78 is 0. The summed E-state index contributed by atoms with van der Waals surface area (Å²) in [5.41, 5.74) is 0.851. The quantitative estimate of drug-likeness (QED) is 0.913. The van der Waals surface area contributed by atoms with Crippen LogP contribution < -0.4 is 0 Å². The molecule has 0 aromatic carbocycles. The maximum absolute atomic E-state index is 11.3. The van der Waals surface area contributed by atoms with Gasteiger partial charge in [0.1, 0.15) is 9.88 Å². The number of carboxylic acid groups (broad SMARTS) is 1. The fourth-order valence-corrected chi connectivity index (χ4v) is 6.37. The van der Waals surface area contributed by atoms with Gasteiger partial charge in [-0.05, 0) is 12.8 Å². The van der Waals surface area contributed by atoms with Gasteiger partial charge in [-0.15, -0.1) is 23.1 Å². The van der Waals surface area contributed by atoms with E-state index in [1.807, 2.05) is 23.5 Å². The smallest absolute Gasteiger partial charge is 0.347 e. The zero-order valence-electron chi connectivity index (χ0n) is 11.0. The summed E-state index contributed by atoms with van der Waals surface area (Å²) in [4.78, 5) is 16.5. The molecule has 2 fully saturated rings. The van der Waals surface area contributed by atoms with Crippen molar-refractivity contribution in [3.05, 3.63) is 15.6 Å². The third-order valence-corrected chi connectivity index (χ3v) is 8.38. The van der Waals surface area contributed by atoms with E-state index in [1.54, 1.807) is 0 Å². The standard InChI is InChI=1S/C13H17NO2S3/c1-6-7(2)18-9(5-17-6)12-14-10(8-3-4-8)11(19-12)13(15)16/h6-9H,3-5H2,1-2H3,(H,15,16). The summed E-state index contributed by atoms with van der Waals surface area (Å²) >= 11 is 5.32. The molecule has 1 saturated heterocycles. The lowest BCUT2D eigenvalue weighted by Gasteiger charge is -2.30. The van der Waals surface area contributed by atoms with Crippen LogP contribution in [0.2, 0.25) is 0 Å². The molecule has 6 heteroatoms. The van der Waals surface area contributed by atoms with Crippen LogP contribution in [0.15, 0.2) is 0 Å². The van der Waals surface area contributed by atoms with E-state index in [-0.39, 0.29) is 0 Å². The number of carboxylic acids is 1. The highest BCUT2D eigenvalue weighted by Crippen LogP contribution is 2.48. The maximum Gasteiger partial charge on any atom is 0.347 e. The normalized spacial score (nSPS) is 31.4. The minimum Gasteiger partial charge on any atom is -0.477 e. The van der Waals surface area contributed by atoms with Crippen molar-refractivity contribution in [3.63, 3.8) is 0 Å². The average molecular weight is 315 g/mol. The molecule has 3 atom stereocenters. The van der Waals surface area contributed by atoms with E-state index in [0.717, 1.165) is 29.3 Å². The molecule has 3 unspecified atom stereocenters. The predicted molar refractivity (Wildman–Crippen MR) is 82.8 cm³/mol. The summed E-state index contributed by atoms with van der Waals surface area (Å²) in [6.45, 7) is 4.51. The van der Waals surface area contributed by atoms with Crippen molar-refractivity contribution in [3.8, 4) is 0 Å². The van der Waals surface area contributed by atoms with Gasteiger partial charge in [-0.1, -0.05) is 13.8 Å². The Kier molecular flexibility index (Phi) is 3.84. The number of rotatable bonds is 3. The van der Waals surface area contributed by atoms with Crippen molar-refractivity contribution >= 4 is 40.8 Å². The molecule has 1 saturated carbocycles. The van der Waals surface area contributed by atoms with E-state index in [4.69, 9.17) is 0 Å². The van der Waals surface area contributed by atoms with E-state index in [1.165, 1.54) is 11.3 Å². The van der Waals surface area contributed by atoms with Gasteiger partial charge < -0.3 is 5.11 Å². The molecule has 2 aliphatic rings. The van der Waals surface area contributed by atoms with Crippen molar-refractivity contribution in [2.24, 2.45) is 0 Å². The Balaban J connectivity index is 1.85. The molecule has 3 rings (SSSR count). The number of hydrogen-bond donors (Lipinski definition) is 1. The largest absolute Gasteiger partial charge is 0.477 e. The highest BCUT2D eigenvalue weighted by atomic mass is 32.2. The molecule has 1 aromatic rings. The lowest BCUT2D eigenvalue weighted by molar-refractivity contribution is 0.0700. The molecule has 104 valence electrons. The van der Waals surface area contributed by atoms with Gasteiger partial charge in [0, 0.05) is 22.2 Å². The highest BCUT2D eigenvalue weighted by molar-refractivity contribution is 8.07. The van der Waals surface area contributed by atoms with Gasteiger partial charge in [0.05, 0.1) is 10.9 Å². The first-order chi connectivity index (χ1) is 9.06. The van der Waals surface area contributed by atoms with Crippen LogP contribution in [0.5, 0.6) is 0 Å². The minimum atomic E-state index is -0.805. The number of thiazole rings is 1. The second-order valence-electron chi connectivity index (χ2n) is 5.21. The molecule has 0 spiro atoms. The zero-order valence-corrected chi connectivity index (χ0v) is 13.4. The molecular formula is C13H17NO2S3. The molecule has 19 heavy (non-hydrogen) atoms. The molecule has 0 radical (unpaired) electrons. The summed E-state index contributed by atoms with van der Waals surface area (Å²) in [6.07, 6.45) is 2.20. The molecule has 0 amide bonds.